The van der Waals surface area contributed by atoms with Crippen LogP contribution in [0.5, 0.6) is 0 Å². The number of hydrogen-bond donors (Lipinski definition) is 2. The molecule has 0 radical (unpaired) electrons. The third-order valence-corrected chi connectivity index (χ3v) is 6.16. The second kappa shape index (κ2) is 8.12. The number of halogens is 1. The largest absolute Gasteiger partial charge is 0.391 e. The molecule has 156 valence electrons. The summed E-state index contributed by atoms with van der Waals surface area (Å²) in [7, 11) is 0. The first-order chi connectivity index (χ1) is 13.9. The quantitative estimate of drug-likeness (QED) is 0.797. The summed E-state index contributed by atoms with van der Waals surface area (Å²) < 4.78 is 13.4. The molecule has 8 heteroatoms. The zero-order valence-electron chi connectivity index (χ0n) is 16.6. The first-order valence-corrected chi connectivity index (χ1v) is 10.2. The van der Waals surface area contributed by atoms with Crippen molar-refractivity contribution in [2.75, 3.05) is 39.3 Å². The Morgan fingerprint density at radius 1 is 1.03 bits per heavy atom. The van der Waals surface area contributed by atoms with Crippen LogP contribution in [0.15, 0.2) is 24.3 Å². The first-order valence-electron chi connectivity index (χ1n) is 10.2. The molecule has 2 saturated heterocycles. The number of rotatable bonds is 2. The summed E-state index contributed by atoms with van der Waals surface area (Å²) in [5.74, 6) is -0.388. The van der Waals surface area contributed by atoms with Crippen LogP contribution < -0.4 is 0 Å². The van der Waals surface area contributed by atoms with Gasteiger partial charge >= 0.3 is 0 Å². The Kier molecular flexibility index (Phi) is 5.56. The van der Waals surface area contributed by atoms with Crippen LogP contribution in [0.25, 0.3) is 10.9 Å². The molecule has 7 nitrogen and oxygen atoms in total. The van der Waals surface area contributed by atoms with Gasteiger partial charge in [0.15, 0.2) is 0 Å². The molecule has 2 N–H and O–H groups in total. The van der Waals surface area contributed by atoms with Gasteiger partial charge in [0.25, 0.3) is 5.91 Å². The molecule has 0 saturated carbocycles. The van der Waals surface area contributed by atoms with Crippen molar-refractivity contribution in [2.45, 2.75) is 31.9 Å². The van der Waals surface area contributed by atoms with Gasteiger partial charge in [-0.3, -0.25) is 14.5 Å². The number of nitrogens with zero attached hydrogens (tertiary/aromatic N) is 3. The molecule has 2 aliphatic rings. The normalized spacial score (nSPS) is 24.0. The highest BCUT2D eigenvalue weighted by atomic mass is 19.1. The fraction of sp³-hybridized carbons (Fsp3) is 0.524. The number of aromatic nitrogens is 1. The summed E-state index contributed by atoms with van der Waals surface area (Å²) in [5.41, 5.74) is 1.04. The molecule has 0 aliphatic carbocycles. The number of aliphatic hydroxyl groups is 1. The number of H-pyrrole nitrogens is 1. The van der Waals surface area contributed by atoms with Crippen LogP contribution in [0.2, 0.25) is 0 Å². The van der Waals surface area contributed by atoms with E-state index in [0.717, 1.165) is 18.5 Å². The van der Waals surface area contributed by atoms with E-state index >= 15 is 0 Å². The zero-order valence-corrected chi connectivity index (χ0v) is 16.6. The predicted molar refractivity (Wildman–Crippen MR) is 107 cm³/mol. The Bertz CT molecular complexity index is 906. The topological polar surface area (TPSA) is 79.9 Å². The van der Waals surface area contributed by atoms with E-state index in [-0.39, 0.29) is 23.7 Å². The zero-order chi connectivity index (χ0) is 20.5. The van der Waals surface area contributed by atoms with E-state index in [0.29, 0.717) is 50.2 Å². The lowest BCUT2D eigenvalue weighted by Gasteiger charge is -2.40. The average molecular weight is 402 g/mol. The molecule has 2 atom stereocenters. The van der Waals surface area contributed by atoms with E-state index in [1.54, 1.807) is 24.0 Å². The van der Waals surface area contributed by atoms with Crippen molar-refractivity contribution in [3.8, 4) is 0 Å². The lowest BCUT2D eigenvalue weighted by molar-refractivity contribution is -0.131. The van der Waals surface area contributed by atoms with E-state index in [2.05, 4.69) is 9.88 Å². The fourth-order valence-corrected chi connectivity index (χ4v) is 4.46. The van der Waals surface area contributed by atoms with E-state index in [9.17, 15) is 19.1 Å². The minimum Gasteiger partial charge on any atom is -0.391 e. The van der Waals surface area contributed by atoms with Gasteiger partial charge in [0.1, 0.15) is 11.5 Å². The highest BCUT2D eigenvalue weighted by molar-refractivity contribution is 5.98. The number of fused-ring (bicyclic) bond motifs is 1. The number of aromatic amines is 1. The number of benzene rings is 1. The molecule has 2 fully saturated rings. The number of nitrogens with one attached hydrogen (secondary N) is 1. The maximum absolute atomic E-state index is 13.4. The van der Waals surface area contributed by atoms with Gasteiger partial charge < -0.3 is 19.9 Å². The Morgan fingerprint density at radius 3 is 2.48 bits per heavy atom. The first kappa shape index (κ1) is 19.8. The highest BCUT2D eigenvalue weighted by Crippen LogP contribution is 2.22. The van der Waals surface area contributed by atoms with Gasteiger partial charge in [-0.1, -0.05) is 0 Å². The van der Waals surface area contributed by atoms with Crippen molar-refractivity contribution in [2.24, 2.45) is 0 Å². The van der Waals surface area contributed by atoms with Crippen molar-refractivity contribution in [1.29, 1.82) is 0 Å². The van der Waals surface area contributed by atoms with E-state index in [4.69, 9.17) is 0 Å². The number of carbonyl (C=O) groups excluding carboxylic acids is 2. The molecule has 1 aromatic heterocycles. The Hall–Kier alpha value is -2.45. The molecule has 1 aromatic carbocycles. The second-order valence-corrected chi connectivity index (χ2v) is 7.96. The lowest BCUT2D eigenvalue weighted by atomic mass is 10.0. The summed E-state index contributed by atoms with van der Waals surface area (Å²) in [6.07, 6.45) is 0.688. The molecule has 29 heavy (non-hydrogen) atoms. The third kappa shape index (κ3) is 4.13. The van der Waals surface area contributed by atoms with Crippen LogP contribution in [0.3, 0.4) is 0 Å². The molecule has 4 rings (SSSR count). The molecule has 2 amide bonds. The van der Waals surface area contributed by atoms with Gasteiger partial charge in [0, 0.05) is 63.1 Å². The Labute approximate surface area is 169 Å². The number of amides is 2. The van der Waals surface area contributed by atoms with Gasteiger partial charge in [-0.2, -0.15) is 0 Å². The molecule has 0 bridgehead atoms. The second-order valence-electron chi connectivity index (χ2n) is 7.96. The molecular formula is C21H27FN4O3. The van der Waals surface area contributed by atoms with Crippen LogP contribution in [-0.2, 0) is 4.79 Å². The predicted octanol–water partition coefficient (Wildman–Crippen LogP) is 1.44. The SMILES string of the molecule is CC(=O)N1CCN([C@H]2CCN(C(=O)c3cc4ccc(F)cc4[nH]3)CC[C@@H]2O)CC1. The summed E-state index contributed by atoms with van der Waals surface area (Å²) in [5, 5.41) is 11.5. The monoisotopic (exact) mass is 402 g/mol. The van der Waals surface area contributed by atoms with Crippen LogP contribution in [0, 0.1) is 5.82 Å². The van der Waals surface area contributed by atoms with Crippen molar-refractivity contribution >= 4 is 22.7 Å². The number of piperazine rings is 1. The van der Waals surface area contributed by atoms with Gasteiger partial charge in [-0.15, -0.1) is 0 Å². The Balaban J connectivity index is 1.42. The van der Waals surface area contributed by atoms with Crippen LogP contribution in [0.4, 0.5) is 4.39 Å². The van der Waals surface area contributed by atoms with Gasteiger partial charge in [0.05, 0.1) is 6.10 Å². The van der Waals surface area contributed by atoms with Gasteiger partial charge in [0.2, 0.25) is 5.91 Å². The molecule has 0 unspecified atom stereocenters. The van der Waals surface area contributed by atoms with Crippen LogP contribution in [-0.4, -0.2) is 88.0 Å². The number of likely N-dealkylation sites (tertiary alicyclic amines) is 1. The van der Waals surface area contributed by atoms with E-state index in [1.807, 2.05) is 4.90 Å². The maximum atomic E-state index is 13.4. The summed E-state index contributed by atoms with van der Waals surface area (Å²) >= 11 is 0. The summed E-state index contributed by atoms with van der Waals surface area (Å²) in [6.45, 7) is 5.44. The van der Waals surface area contributed by atoms with Crippen LogP contribution in [0.1, 0.15) is 30.3 Å². The fourth-order valence-electron chi connectivity index (χ4n) is 4.46. The molecule has 2 aromatic rings. The van der Waals surface area contributed by atoms with Crippen molar-refractivity contribution in [3.63, 3.8) is 0 Å². The molecular weight excluding hydrogens is 375 g/mol. The maximum Gasteiger partial charge on any atom is 0.270 e. The minimum absolute atomic E-state index is 0.0151. The lowest BCUT2D eigenvalue weighted by Crippen LogP contribution is -2.54. The number of aliphatic hydroxyl groups excluding tert-OH is 1. The van der Waals surface area contributed by atoms with Crippen LogP contribution >= 0.6 is 0 Å². The number of carbonyl (C=O) groups is 2. The number of hydrogen-bond acceptors (Lipinski definition) is 4. The molecule has 3 heterocycles. The van der Waals surface area contributed by atoms with Gasteiger partial charge in [-0.05, 0) is 37.1 Å². The standard InChI is InChI=1S/C21H27FN4O3/c1-14(27)24-8-10-25(11-9-24)19-4-6-26(7-5-20(19)28)21(29)18-12-15-2-3-16(22)13-17(15)23-18/h2-3,12-13,19-20,23,28H,4-11H2,1H3/t19-,20-/m0/s1. The Morgan fingerprint density at radius 2 is 1.76 bits per heavy atom. The van der Waals surface area contributed by atoms with E-state index in [1.165, 1.54) is 12.1 Å². The highest BCUT2D eigenvalue weighted by Gasteiger charge is 2.33. The third-order valence-electron chi connectivity index (χ3n) is 6.16. The summed E-state index contributed by atoms with van der Waals surface area (Å²) in [6, 6.07) is 6.15. The van der Waals surface area contributed by atoms with Crippen molar-refractivity contribution in [1.82, 2.24) is 19.7 Å². The van der Waals surface area contributed by atoms with Crippen molar-refractivity contribution < 1.29 is 19.1 Å². The smallest absolute Gasteiger partial charge is 0.270 e. The summed E-state index contributed by atoms with van der Waals surface area (Å²) in [4.78, 5) is 33.3. The van der Waals surface area contributed by atoms with Gasteiger partial charge in [-0.25, -0.2) is 4.39 Å². The molecule has 2 aliphatic heterocycles. The van der Waals surface area contributed by atoms with Crippen molar-refractivity contribution in [3.05, 3.63) is 35.8 Å². The van der Waals surface area contributed by atoms with E-state index < -0.39 is 6.10 Å². The minimum atomic E-state index is -0.506. The average Bonchev–Trinajstić information content (AvgIpc) is 3.03. The molecule has 0 spiro atoms.